The van der Waals surface area contributed by atoms with Crippen LogP contribution >= 0.6 is 36.4 Å². The summed E-state index contributed by atoms with van der Waals surface area (Å²) >= 11 is 6.46. The largest absolute Gasteiger partial charge is 0.302 e. The van der Waals surface area contributed by atoms with Crippen molar-refractivity contribution in [2.24, 2.45) is 0 Å². The molecule has 2 heterocycles. The summed E-state index contributed by atoms with van der Waals surface area (Å²) in [6, 6.07) is 0. The third-order valence-corrected chi connectivity index (χ3v) is 4.09. The number of hydrogen-bond donors (Lipinski definition) is 0. The van der Waals surface area contributed by atoms with Crippen molar-refractivity contribution >= 4 is 36.4 Å². The first kappa shape index (κ1) is 18.8. The first-order chi connectivity index (χ1) is 7.84. The second-order valence-electron chi connectivity index (χ2n) is 5.32. The third-order valence-electron chi connectivity index (χ3n) is 3.81. The minimum atomic E-state index is 0. The first-order valence-electron chi connectivity index (χ1n) is 6.93. The van der Waals surface area contributed by atoms with Crippen LogP contribution in [0.5, 0.6) is 0 Å². The molecule has 0 aromatic carbocycles. The molecule has 0 bridgehead atoms. The van der Waals surface area contributed by atoms with Gasteiger partial charge < -0.3 is 9.80 Å². The monoisotopic (exact) mass is 316 g/mol. The predicted molar refractivity (Wildman–Crippen MR) is 84.7 cm³/mol. The van der Waals surface area contributed by atoms with Gasteiger partial charge in [-0.05, 0) is 51.9 Å². The molecule has 0 aliphatic carbocycles. The van der Waals surface area contributed by atoms with Gasteiger partial charge in [-0.2, -0.15) is 0 Å². The SMILES string of the molecule is Cl.Cl.ClC(CN1CCCCC1)CN1CCCCC1. The Balaban J connectivity index is 0.00000144. The molecule has 2 nitrogen and oxygen atoms in total. The van der Waals surface area contributed by atoms with Crippen LogP contribution in [-0.2, 0) is 0 Å². The van der Waals surface area contributed by atoms with Crippen molar-refractivity contribution in [2.45, 2.75) is 43.9 Å². The van der Waals surface area contributed by atoms with Crippen LogP contribution in [0, 0.1) is 0 Å². The maximum Gasteiger partial charge on any atom is 0.0590 e. The molecule has 0 amide bonds. The molecule has 0 aromatic heterocycles. The van der Waals surface area contributed by atoms with Crippen LogP contribution in [-0.4, -0.2) is 54.4 Å². The summed E-state index contributed by atoms with van der Waals surface area (Å²) in [4.78, 5) is 5.09. The summed E-state index contributed by atoms with van der Waals surface area (Å²) in [7, 11) is 0. The minimum Gasteiger partial charge on any atom is -0.302 e. The van der Waals surface area contributed by atoms with Gasteiger partial charge in [-0.1, -0.05) is 12.8 Å². The number of nitrogens with zero attached hydrogens (tertiary/aromatic N) is 2. The smallest absolute Gasteiger partial charge is 0.0590 e. The zero-order chi connectivity index (χ0) is 11.2. The van der Waals surface area contributed by atoms with Gasteiger partial charge in [0.15, 0.2) is 0 Å². The molecule has 2 fully saturated rings. The quantitative estimate of drug-likeness (QED) is 0.733. The lowest BCUT2D eigenvalue weighted by Crippen LogP contribution is -2.41. The van der Waals surface area contributed by atoms with Crippen molar-refractivity contribution in [3.05, 3.63) is 0 Å². The molecule has 110 valence electrons. The van der Waals surface area contributed by atoms with Gasteiger partial charge >= 0.3 is 0 Å². The Kier molecular flexibility index (Phi) is 11.0. The predicted octanol–water partition coefficient (Wildman–Crippen LogP) is 3.41. The van der Waals surface area contributed by atoms with E-state index in [9.17, 15) is 0 Å². The Morgan fingerprint density at radius 1 is 0.667 bits per heavy atom. The number of hydrogen-bond acceptors (Lipinski definition) is 2. The molecule has 2 rings (SSSR count). The van der Waals surface area contributed by atoms with E-state index in [0.29, 0.717) is 5.38 Å². The lowest BCUT2D eigenvalue weighted by molar-refractivity contribution is 0.191. The van der Waals surface area contributed by atoms with Crippen LogP contribution in [0.15, 0.2) is 0 Å². The highest BCUT2D eigenvalue weighted by atomic mass is 35.5. The molecule has 2 saturated heterocycles. The van der Waals surface area contributed by atoms with E-state index < -0.39 is 0 Å². The summed E-state index contributed by atoms with van der Waals surface area (Å²) in [5, 5.41) is 0.330. The Morgan fingerprint density at radius 3 is 1.33 bits per heavy atom. The van der Waals surface area contributed by atoms with Crippen LogP contribution in [0.25, 0.3) is 0 Å². The highest BCUT2D eigenvalue weighted by Crippen LogP contribution is 2.14. The van der Waals surface area contributed by atoms with Gasteiger partial charge in [0.25, 0.3) is 0 Å². The molecule has 18 heavy (non-hydrogen) atoms. The van der Waals surface area contributed by atoms with Crippen LogP contribution < -0.4 is 0 Å². The minimum absolute atomic E-state index is 0. The van der Waals surface area contributed by atoms with E-state index in [4.69, 9.17) is 11.6 Å². The molecule has 2 aliphatic rings. The molecule has 0 unspecified atom stereocenters. The van der Waals surface area contributed by atoms with E-state index in [2.05, 4.69) is 9.80 Å². The molecule has 0 spiro atoms. The first-order valence-corrected chi connectivity index (χ1v) is 7.37. The van der Waals surface area contributed by atoms with Gasteiger partial charge in [0.1, 0.15) is 0 Å². The lowest BCUT2D eigenvalue weighted by Gasteiger charge is -2.32. The summed E-state index contributed by atoms with van der Waals surface area (Å²) in [6.45, 7) is 7.26. The van der Waals surface area contributed by atoms with Crippen LogP contribution in [0.3, 0.4) is 0 Å². The maximum absolute atomic E-state index is 6.46. The van der Waals surface area contributed by atoms with Gasteiger partial charge in [-0.15, -0.1) is 36.4 Å². The summed E-state index contributed by atoms with van der Waals surface area (Å²) in [5.41, 5.74) is 0. The maximum atomic E-state index is 6.46. The summed E-state index contributed by atoms with van der Waals surface area (Å²) in [6.07, 6.45) is 8.30. The lowest BCUT2D eigenvalue weighted by atomic mass is 10.1. The molecule has 5 heteroatoms. The van der Waals surface area contributed by atoms with E-state index in [0.717, 1.165) is 13.1 Å². The van der Waals surface area contributed by atoms with Crippen molar-refractivity contribution in [3.8, 4) is 0 Å². The summed E-state index contributed by atoms with van der Waals surface area (Å²) in [5.74, 6) is 0. The van der Waals surface area contributed by atoms with Crippen LogP contribution in [0.1, 0.15) is 38.5 Å². The zero-order valence-electron chi connectivity index (χ0n) is 11.2. The van der Waals surface area contributed by atoms with Crippen LogP contribution in [0.4, 0.5) is 0 Å². The third kappa shape index (κ3) is 6.81. The van der Waals surface area contributed by atoms with Crippen molar-refractivity contribution < 1.29 is 0 Å². The van der Waals surface area contributed by atoms with Gasteiger partial charge in [-0.25, -0.2) is 0 Å². The van der Waals surface area contributed by atoms with Crippen molar-refractivity contribution in [3.63, 3.8) is 0 Å². The highest BCUT2D eigenvalue weighted by molar-refractivity contribution is 6.21. The average Bonchev–Trinajstić information content (AvgIpc) is 2.31. The number of halogens is 3. The van der Waals surface area contributed by atoms with Crippen molar-refractivity contribution in [1.82, 2.24) is 9.80 Å². The van der Waals surface area contributed by atoms with Gasteiger partial charge in [0, 0.05) is 13.1 Å². The van der Waals surface area contributed by atoms with Gasteiger partial charge in [-0.3, -0.25) is 0 Å². The number of likely N-dealkylation sites (tertiary alicyclic amines) is 2. The van der Waals surface area contributed by atoms with Crippen molar-refractivity contribution in [2.75, 3.05) is 39.3 Å². The number of rotatable bonds is 4. The molecule has 0 N–H and O–H groups in total. The number of piperidine rings is 2. The molecule has 0 atom stereocenters. The van der Waals surface area contributed by atoms with Crippen LogP contribution in [0.2, 0.25) is 0 Å². The van der Waals surface area contributed by atoms with E-state index in [1.165, 1.54) is 64.7 Å². The standard InChI is InChI=1S/C13H25ClN2.2ClH/c14-13(11-15-7-3-1-4-8-15)12-16-9-5-2-6-10-16;;/h13H,1-12H2;2*1H. The Hall–Kier alpha value is 0.790. The second-order valence-corrected chi connectivity index (χ2v) is 5.94. The molecule has 0 aromatic rings. The second kappa shape index (κ2) is 10.6. The van der Waals surface area contributed by atoms with Crippen molar-refractivity contribution in [1.29, 1.82) is 0 Å². The summed E-state index contributed by atoms with van der Waals surface area (Å²) < 4.78 is 0. The van der Waals surface area contributed by atoms with Gasteiger partial charge in [0.05, 0.1) is 5.38 Å². The molecule has 0 saturated carbocycles. The van der Waals surface area contributed by atoms with E-state index in [-0.39, 0.29) is 24.8 Å². The molecular formula is C13H27Cl3N2. The topological polar surface area (TPSA) is 6.48 Å². The highest BCUT2D eigenvalue weighted by Gasteiger charge is 2.18. The average molecular weight is 318 g/mol. The van der Waals surface area contributed by atoms with Gasteiger partial charge in [0.2, 0.25) is 0 Å². The number of alkyl halides is 1. The normalized spacial score (nSPS) is 22.3. The fraction of sp³-hybridized carbons (Fsp3) is 1.00. The Labute approximate surface area is 129 Å². The Morgan fingerprint density at radius 2 is 1.00 bits per heavy atom. The molecular weight excluding hydrogens is 291 g/mol. The van der Waals surface area contributed by atoms with E-state index >= 15 is 0 Å². The zero-order valence-corrected chi connectivity index (χ0v) is 13.5. The molecule has 2 aliphatic heterocycles. The van der Waals surface area contributed by atoms with E-state index in [1.807, 2.05) is 0 Å². The fourth-order valence-electron chi connectivity index (χ4n) is 2.90. The molecule has 0 radical (unpaired) electrons. The fourth-order valence-corrected chi connectivity index (χ4v) is 3.29. The Bertz CT molecular complexity index is 173. The van der Waals surface area contributed by atoms with E-state index in [1.54, 1.807) is 0 Å².